The number of piperidine rings is 1. The van der Waals surface area contributed by atoms with Gasteiger partial charge in [0.05, 0.1) is 0 Å². The first-order valence-electron chi connectivity index (χ1n) is 9.13. The molecule has 1 aromatic carbocycles. The molecule has 1 atom stereocenters. The number of halogens is 1. The number of likely N-dealkylation sites (tertiary alicyclic amines) is 1. The minimum absolute atomic E-state index is 0.0307. The number of benzene rings is 1. The Kier molecular flexibility index (Phi) is 5.29. The van der Waals surface area contributed by atoms with Crippen LogP contribution in [0.3, 0.4) is 0 Å². The minimum atomic E-state index is -0.320. The third-order valence-corrected chi connectivity index (χ3v) is 5.99. The average Bonchev–Trinajstić information content (AvgIpc) is 3.20. The molecule has 8 heteroatoms. The molecule has 1 aliphatic heterocycles. The number of aromatic nitrogens is 3. The van der Waals surface area contributed by atoms with Gasteiger partial charge in [0.1, 0.15) is 17.4 Å². The van der Waals surface area contributed by atoms with E-state index in [0.717, 1.165) is 17.8 Å². The molecular formula is C20H19FN4O2S. The molecule has 144 valence electrons. The van der Waals surface area contributed by atoms with Gasteiger partial charge in [-0.1, -0.05) is 29.5 Å². The fourth-order valence-corrected chi connectivity index (χ4v) is 4.38. The first kappa shape index (κ1) is 18.5. The van der Waals surface area contributed by atoms with Crippen LogP contribution in [0.5, 0.6) is 0 Å². The Hall–Kier alpha value is -2.87. The highest BCUT2D eigenvalue weighted by Crippen LogP contribution is 2.33. The van der Waals surface area contributed by atoms with Gasteiger partial charge in [-0.3, -0.25) is 9.59 Å². The van der Waals surface area contributed by atoms with Crippen LogP contribution in [0, 0.1) is 5.82 Å². The molecule has 1 amide bonds. The molecule has 1 unspecified atom stereocenters. The maximum absolute atomic E-state index is 14.0. The zero-order valence-corrected chi connectivity index (χ0v) is 15.9. The fourth-order valence-electron chi connectivity index (χ4n) is 3.39. The minimum Gasteiger partial charge on any atom is -0.340 e. The van der Waals surface area contributed by atoms with E-state index in [4.69, 9.17) is 0 Å². The lowest BCUT2D eigenvalue weighted by molar-refractivity contribution is -0.133. The van der Waals surface area contributed by atoms with Gasteiger partial charge in [0.2, 0.25) is 5.91 Å². The van der Waals surface area contributed by atoms with Crippen molar-refractivity contribution in [3.63, 3.8) is 0 Å². The van der Waals surface area contributed by atoms with Gasteiger partial charge in [-0.05, 0) is 31.0 Å². The summed E-state index contributed by atoms with van der Waals surface area (Å²) in [5.74, 6) is -0.334. The molecule has 4 rings (SSSR count). The van der Waals surface area contributed by atoms with Crippen LogP contribution < -0.4 is 5.56 Å². The zero-order valence-electron chi connectivity index (χ0n) is 15.1. The van der Waals surface area contributed by atoms with Crippen molar-refractivity contribution in [2.45, 2.75) is 25.3 Å². The average molecular weight is 398 g/mol. The summed E-state index contributed by atoms with van der Waals surface area (Å²) in [6, 6.07) is 11.3. The van der Waals surface area contributed by atoms with E-state index in [9.17, 15) is 14.0 Å². The monoisotopic (exact) mass is 398 g/mol. The van der Waals surface area contributed by atoms with Gasteiger partial charge in [0.25, 0.3) is 5.56 Å². The van der Waals surface area contributed by atoms with Crippen molar-refractivity contribution in [3.8, 4) is 10.6 Å². The molecule has 6 nitrogen and oxygen atoms in total. The van der Waals surface area contributed by atoms with E-state index in [2.05, 4.69) is 10.2 Å². The third-order valence-electron chi connectivity index (χ3n) is 4.87. The molecule has 0 N–H and O–H groups in total. The Morgan fingerprint density at radius 3 is 2.82 bits per heavy atom. The number of carbonyl (C=O) groups is 1. The van der Waals surface area contributed by atoms with Gasteiger partial charge < -0.3 is 9.47 Å². The molecule has 2 aromatic heterocycles. The van der Waals surface area contributed by atoms with Crippen molar-refractivity contribution < 1.29 is 9.18 Å². The highest BCUT2D eigenvalue weighted by Gasteiger charge is 2.27. The zero-order chi connectivity index (χ0) is 19.5. The van der Waals surface area contributed by atoms with Crippen molar-refractivity contribution in [2.24, 2.45) is 0 Å². The van der Waals surface area contributed by atoms with Crippen LogP contribution in [-0.2, 0) is 11.3 Å². The topological polar surface area (TPSA) is 68.1 Å². The highest BCUT2D eigenvalue weighted by molar-refractivity contribution is 7.14. The molecule has 0 bridgehead atoms. The van der Waals surface area contributed by atoms with Gasteiger partial charge >= 0.3 is 0 Å². The molecular weight excluding hydrogens is 379 g/mol. The molecule has 3 heterocycles. The smallest absolute Gasteiger partial charge is 0.250 e. The SMILES string of the molecule is O=C(Cn1ccccc1=O)N1CCCC(c2nnc(-c3ccccc3F)s2)C1. The van der Waals surface area contributed by atoms with E-state index < -0.39 is 0 Å². The van der Waals surface area contributed by atoms with Crippen LogP contribution in [0.15, 0.2) is 53.5 Å². The maximum atomic E-state index is 14.0. The summed E-state index contributed by atoms with van der Waals surface area (Å²) in [5, 5.41) is 9.77. The number of pyridine rings is 1. The number of amides is 1. The van der Waals surface area contributed by atoms with Crippen molar-refractivity contribution >= 4 is 17.2 Å². The van der Waals surface area contributed by atoms with Crippen LogP contribution in [0.2, 0.25) is 0 Å². The van der Waals surface area contributed by atoms with E-state index >= 15 is 0 Å². The fraction of sp³-hybridized carbons (Fsp3) is 0.300. The van der Waals surface area contributed by atoms with Crippen LogP contribution in [0.1, 0.15) is 23.8 Å². The lowest BCUT2D eigenvalue weighted by atomic mass is 9.99. The molecule has 0 radical (unpaired) electrons. The van der Waals surface area contributed by atoms with Gasteiger partial charge in [0.15, 0.2) is 5.01 Å². The first-order valence-corrected chi connectivity index (χ1v) is 9.95. The second kappa shape index (κ2) is 8.02. The van der Waals surface area contributed by atoms with Crippen LogP contribution in [0.4, 0.5) is 4.39 Å². The predicted octanol–water partition coefficient (Wildman–Crippen LogP) is 2.91. The van der Waals surface area contributed by atoms with E-state index in [1.807, 2.05) is 0 Å². The molecule has 1 fully saturated rings. The number of hydrogen-bond acceptors (Lipinski definition) is 5. The number of hydrogen-bond donors (Lipinski definition) is 0. The second-order valence-corrected chi connectivity index (χ2v) is 7.78. The van der Waals surface area contributed by atoms with E-state index in [1.165, 1.54) is 28.0 Å². The van der Waals surface area contributed by atoms with Gasteiger partial charge in [-0.25, -0.2) is 4.39 Å². The number of carbonyl (C=O) groups excluding carboxylic acids is 1. The Balaban J connectivity index is 1.47. The first-order chi connectivity index (χ1) is 13.6. The summed E-state index contributed by atoms with van der Waals surface area (Å²) in [6.45, 7) is 1.23. The van der Waals surface area contributed by atoms with E-state index in [-0.39, 0.29) is 29.7 Å². The third kappa shape index (κ3) is 3.87. The second-order valence-electron chi connectivity index (χ2n) is 6.77. The Morgan fingerprint density at radius 2 is 2.00 bits per heavy atom. The quantitative estimate of drug-likeness (QED) is 0.678. The summed E-state index contributed by atoms with van der Waals surface area (Å²) in [4.78, 5) is 26.3. The van der Waals surface area contributed by atoms with Crippen LogP contribution in [0.25, 0.3) is 10.6 Å². The highest BCUT2D eigenvalue weighted by atomic mass is 32.1. The number of rotatable bonds is 4. The molecule has 1 aliphatic rings. The molecule has 3 aromatic rings. The molecule has 0 saturated carbocycles. The largest absolute Gasteiger partial charge is 0.340 e. The van der Waals surface area contributed by atoms with Gasteiger partial charge in [0, 0.05) is 36.8 Å². The van der Waals surface area contributed by atoms with Crippen LogP contribution in [-0.4, -0.2) is 38.7 Å². The Morgan fingerprint density at radius 1 is 1.18 bits per heavy atom. The summed E-state index contributed by atoms with van der Waals surface area (Å²) >= 11 is 1.37. The Bertz CT molecular complexity index is 1050. The molecule has 1 saturated heterocycles. The summed E-state index contributed by atoms with van der Waals surface area (Å²) in [6.07, 6.45) is 3.38. The lowest BCUT2D eigenvalue weighted by Crippen LogP contribution is -2.42. The van der Waals surface area contributed by atoms with Crippen molar-refractivity contribution in [3.05, 3.63) is 69.8 Å². The summed E-state index contributed by atoms with van der Waals surface area (Å²) in [7, 11) is 0. The lowest BCUT2D eigenvalue weighted by Gasteiger charge is -2.31. The van der Waals surface area contributed by atoms with Gasteiger partial charge in [-0.15, -0.1) is 10.2 Å². The number of nitrogens with zero attached hydrogens (tertiary/aromatic N) is 4. The van der Waals surface area contributed by atoms with Crippen molar-refractivity contribution in [1.82, 2.24) is 19.7 Å². The molecule has 0 spiro atoms. The van der Waals surface area contributed by atoms with E-state index in [1.54, 1.807) is 41.4 Å². The van der Waals surface area contributed by atoms with Crippen LogP contribution >= 0.6 is 11.3 Å². The maximum Gasteiger partial charge on any atom is 0.250 e. The normalized spacial score (nSPS) is 16.9. The van der Waals surface area contributed by atoms with E-state index in [0.29, 0.717) is 23.7 Å². The van der Waals surface area contributed by atoms with Gasteiger partial charge in [-0.2, -0.15) is 0 Å². The predicted molar refractivity (Wildman–Crippen MR) is 105 cm³/mol. The Labute approximate surface area is 165 Å². The summed E-state index contributed by atoms with van der Waals surface area (Å²) in [5.41, 5.74) is 0.251. The molecule has 28 heavy (non-hydrogen) atoms. The molecule has 0 aliphatic carbocycles. The van der Waals surface area contributed by atoms with Crippen molar-refractivity contribution in [2.75, 3.05) is 13.1 Å². The van der Waals surface area contributed by atoms with Crippen molar-refractivity contribution in [1.29, 1.82) is 0 Å². The summed E-state index contributed by atoms with van der Waals surface area (Å²) < 4.78 is 15.4. The standard InChI is InChI=1S/C20H19FN4O2S/c21-16-8-2-1-7-15(16)20-23-22-19(28-20)14-6-5-11-24(12-14)18(27)13-25-10-4-3-9-17(25)26/h1-4,7-10,14H,5-6,11-13H2.